The molecule has 0 atom stereocenters. The number of halogens is 10. The summed E-state index contributed by atoms with van der Waals surface area (Å²) in [5, 5.41) is 5.73. The van der Waals surface area contributed by atoms with Crippen molar-refractivity contribution in [1.82, 2.24) is 29.7 Å². The third kappa shape index (κ3) is 10.1. The second-order valence-corrected chi connectivity index (χ2v) is 26.0. The number of nitrogens with one attached hydrogen (secondary N) is 3. The molecular weight excluding hydrogens is 1310 g/mol. The summed E-state index contributed by atoms with van der Waals surface area (Å²) in [6.07, 6.45) is 12.4. The Labute approximate surface area is 568 Å². The van der Waals surface area contributed by atoms with E-state index < -0.39 is 92.2 Å². The van der Waals surface area contributed by atoms with Crippen molar-refractivity contribution >= 4 is 112 Å². The van der Waals surface area contributed by atoms with Gasteiger partial charge >= 0.3 is 0 Å². The molecule has 10 nitrogen and oxygen atoms in total. The van der Waals surface area contributed by atoms with E-state index in [4.69, 9.17) is 4.98 Å². The van der Waals surface area contributed by atoms with Crippen molar-refractivity contribution in [2.75, 3.05) is 0 Å². The van der Waals surface area contributed by atoms with Crippen LogP contribution in [0, 0.1) is 58.2 Å². The lowest BCUT2D eigenvalue weighted by molar-refractivity contribution is 0.0514. The standard InChI is InChI=1S/C81H56F10N6O4/c1-3-5-7-9-11-42(12-10-8-6-4-2)97-80(100)49-27-23-45-43-21-25-47-62-48(26-22-44(60(43)62)46-24-28-50(81(97)101)63(49)61(45)46)79(99)96(78(47)98)37-38-13-15-39(16-14-38)40-17-19-41(20-18-40)59-53-33-35-57(94-53)64(66-68(82)72(86)76(90)73(87)69(66)83)55-31-29-51(92-55)52-30-32-56(93-52)65(58-36-34-54(59)95-58)67-70(84)74(88)77(91)75(89)71(67)85/h13-36,42,92-94H,3-12,37H2,1-2H3. The first-order chi connectivity index (χ1) is 48.9. The second-order valence-electron chi connectivity index (χ2n) is 26.0. The van der Waals surface area contributed by atoms with Crippen molar-refractivity contribution < 1.29 is 63.1 Å². The fourth-order valence-corrected chi connectivity index (χ4v) is 15.3. The molecule has 504 valence electrons. The molecule has 4 amide bonds. The number of H-pyrrole nitrogens is 3. The van der Waals surface area contributed by atoms with Gasteiger partial charge in [-0.15, -0.1) is 0 Å². The number of imide groups is 2. The zero-order chi connectivity index (χ0) is 70.1. The van der Waals surface area contributed by atoms with E-state index in [-0.39, 0.29) is 74.5 Å². The van der Waals surface area contributed by atoms with Gasteiger partial charge in [-0.05, 0) is 140 Å². The summed E-state index contributed by atoms with van der Waals surface area (Å²) in [4.78, 5) is 75.3. The van der Waals surface area contributed by atoms with Crippen LogP contribution in [0.3, 0.4) is 0 Å². The van der Waals surface area contributed by atoms with Gasteiger partial charge in [-0.3, -0.25) is 29.0 Å². The summed E-state index contributed by atoms with van der Waals surface area (Å²) >= 11 is 0. The van der Waals surface area contributed by atoms with Gasteiger partial charge in [0.25, 0.3) is 23.6 Å². The van der Waals surface area contributed by atoms with Gasteiger partial charge in [0.2, 0.25) is 11.6 Å². The molecule has 0 saturated heterocycles. The van der Waals surface area contributed by atoms with Gasteiger partial charge in [-0.2, -0.15) is 0 Å². The van der Waals surface area contributed by atoms with Crippen LogP contribution in [-0.2, 0) is 6.54 Å². The van der Waals surface area contributed by atoms with Crippen molar-refractivity contribution in [3.05, 3.63) is 231 Å². The van der Waals surface area contributed by atoms with Gasteiger partial charge in [0.05, 0.1) is 40.1 Å². The molecule has 3 aliphatic rings. The molecule has 7 heterocycles. The number of unbranched alkanes of at least 4 members (excludes halogenated alkanes) is 6. The van der Waals surface area contributed by atoms with E-state index >= 15 is 35.1 Å². The molecule has 13 aromatic rings. The maximum atomic E-state index is 16.0. The summed E-state index contributed by atoms with van der Waals surface area (Å²) < 4.78 is 154. The van der Waals surface area contributed by atoms with Crippen LogP contribution in [0.15, 0.2) is 133 Å². The number of aromatic amines is 3. The van der Waals surface area contributed by atoms with Crippen LogP contribution in [0.4, 0.5) is 43.9 Å². The van der Waals surface area contributed by atoms with E-state index in [0.717, 1.165) is 96.5 Å². The monoisotopic (exact) mass is 1370 g/mol. The summed E-state index contributed by atoms with van der Waals surface area (Å²) in [6.45, 7) is 4.22. The lowest BCUT2D eigenvalue weighted by Crippen LogP contribution is -2.47. The van der Waals surface area contributed by atoms with E-state index in [1.165, 1.54) is 58.4 Å². The quantitative estimate of drug-likeness (QED) is 0.0159. The van der Waals surface area contributed by atoms with Gasteiger partial charge in [0.15, 0.2) is 46.5 Å². The third-order valence-electron chi connectivity index (χ3n) is 20.2. The van der Waals surface area contributed by atoms with Crippen LogP contribution in [-0.4, -0.2) is 59.4 Å². The minimum Gasteiger partial charge on any atom is -0.354 e. The number of hydrogen-bond acceptors (Lipinski definition) is 5. The summed E-state index contributed by atoms with van der Waals surface area (Å²) in [5.74, 6) is -23.8. The van der Waals surface area contributed by atoms with Crippen LogP contribution < -0.4 is 0 Å². The predicted molar refractivity (Wildman–Crippen MR) is 370 cm³/mol. The smallest absolute Gasteiger partial charge is 0.261 e. The molecule has 0 spiro atoms. The molecule has 3 N–H and O–H groups in total. The molecule has 101 heavy (non-hydrogen) atoms. The highest BCUT2D eigenvalue weighted by atomic mass is 19.2. The minimum atomic E-state index is -2.39. The number of rotatable bonds is 17. The maximum Gasteiger partial charge on any atom is 0.261 e. The number of carbonyl (C=O) groups is 4. The molecule has 4 aromatic heterocycles. The molecule has 9 aromatic carbocycles. The van der Waals surface area contributed by atoms with Gasteiger partial charge < -0.3 is 15.0 Å². The largest absolute Gasteiger partial charge is 0.354 e. The van der Waals surface area contributed by atoms with Gasteiger partial charge in [0.1, 0.15) is 0 Å². The Morgan fingerprint density at radius 2 is 0.683 bits per heavy atom. The molecular formula is C81H56F10N6O4. The Kier molecular flexibility index (Phi) is 15.8. The molecule has 0 fully saturated rings. The number of hydrogen-bond donors (Lipinski definition) is 3. The van der Waals surface area contributed by atoms with Crippen molar-refractivity contribution in [2.45, 2.75) is 90.6 Å². The molecule has 3 aliphatic heterocycles. The van der Waals surface area contributed by atoms with Gasteiger partial charge in [0, 0.05) is 77.8 Å². The van der Waals surface area contributed by atoms with Crippen molar-refractivity contribution in [2.24, 2.45) is 0 Å². The summed E-state index contributed by atoms with van der Waals surface area (Å²) in [6, 6.07) is 36.4. The lowest BCUT2D eigenvalue weighted by atomic mass is 9.82. The molecule has 0 aliphatic carbocycles. The van der Waals surface area contributed by atoms with Crippen molar-refractivity contribution in [1.29, 1.82) is 0 Å². The zero-order valence-corrected chi connectivity index (χ0v) is 54.0. The number of carbonyl (C=O) groups excluding carboxylic acids is 4. The van der Waals surface area contributed by atoms with Gasteiger partial charge in [-0.1, -0.05) is 138 Å². The number of amides is 4. The van der Waals surface area contributed by atoms with Crippen molar-refractivity contribution in [3.63, 3.8) is 0 Å². The SMILES string of the molecule is CCCCCCC(CCCCCC)N1C(=O)c2ccc3c4ccc5c6c(ccc(c7ccc(c2c37)C1=O)c64)C(=O)N(Cc1ccc(-c2ccc(-c3c4nc(c(-c6c(F)c(F)c(F)c(F)c6F)c6ccc([nH]6)c6ccc([nH]6)c(-c6c(F)c(F)c(F)c(F)c6F)c6ccc3[nH]6)C=C4)cc2)cc1)C5=O. The van der Waals surface area contributed by atoms with E-state index in [1.54, 1.807) is 60.7 Å². The number of nitrogens with zero attached hydrogens (tertiary/aromatic N) is 3. The molecule has 8 bridgehead atoms. The van der Waals surface area contributed by atoms with E-state index in [0.29, 0.717) is 55.3 Å². The summed E-state index contributed by atoms with van der Waals surface area (Å²) in [5.41, 5.74) is -0.0563. The first-order valence-electron chi connectivity index (χ1n) is 33.4. The molecule has 0 radical (unpaired) electrons. The normalized spacial score (nSPS) is 13.5. The fraction of sp³-hybridized carbons (Fsp3) is 0.173. The average Bonchev–Trinajstić information content (AvgIpc) is 1.69. The zero-order valence-electron chi connectivity index (χ0n) is 54.0. The number of aromatic nitrogens is 4. The first kappa shape index (κ1) is 64.3. The van der Waals surface area contributed by atoms with Crippen molar-refractivity contribution in [3.8, 4) is 44.5 Å². The average molecular weight is 1370 g/mol. The topological polar surface area (TPSA) is 135 Å². The van der Waals surface area contributed by atoms with Gasteiger partial charge in [-0.25, -0.2) is 48.9 Å². The Bertz CT molecular complexity index is 5730. The third-order valence-corrected chi connectivity index (χ3v) is 20.2. The molecule has 0 saturated carbocycles. The Hall–Kier alpha value is -11.4. The van der Waals surface area contributed by atoms with E-state index in [2.05, 4.69) is 28.8 Å². The predicted octanol–water partition coefficient (Wildman–Crippen LogP) is 21.5. The summed E-state index contributed by atoms with van der Waals surface area (Å²) in [7, 11) is 0. The number of benzene rings is 9. The maximum absolute atomic E-state index is 16.0. The molecule has 20 heteroatoms. The van der Waals surface area contributed by atoms with Crippen LogP contribution in [0.25, 0.3) is 133 Å². The lowest BCUT2D eigenvalue weighted by Gasteiger charge is -2.35. The minimum absolute atomic E-state index is 0.0251. The highest BCUT2D eigenvalue weighted by molar-refractivity contribution is 6.41. The highest BCUT2D eigenvalue weighted by Crippen LogP contribution is 2.48. The molecule has 16 rings (SSSR count). The van der Waals surface area contributed by atoms with E-state index in [1.807, 2.05) is 36.4 Å². The highest BCUT2D eigenvalue weighted by Gasteiger charge is 2.40. The van der Waals surface area contributed by atoms with E-state index in [9.17, 15) is 28.0 Å². The van der Waals surface area contributed by atoms with Crippen LogP contribution in [0.1, 0.15) is 136 Å². The van der Waals surface area contributed by atoms with Crippen LogP contribution in [0.5, 0.6) is 0 Å². The Morgan fingerprint density at radius 3 is 1.12 bits per heavy atom. The van der Waals surface area contributed by atoms with Crippen LogP contribution in [0.2, 0.25) is 0 Å². The Morgan fingerprint density at radius 1 is 0.337 bits per heavy atom. The second kappa shape index (κ2) is 24.8. The van der Waals surface area contributed by atoms with Crippen LogP contribution >= 0.6 is 0 Å². The molecule has 0 unspecified atom stereocenters. The Balaban J connectivity index is 0.739. The fourth-order valence-electron chi connectivity index (χ4n) is 15.3. The first-order valence-corrected chi connectivity index (χ1v) is 33.4. The number of fused-ring (bicyclic) bond motifs is 11.